The Bertz CT molecular complexity index is 547. The van der Waals surface area contributed by atoms with Crippen LogP contribution >= 0.6 is 22.9 Å². The third-order valence-electron chi connectivity index (χ3n) is 2.58. The van der Waals surface area contributed by atoms with Crippen molar-refractivity contribution in [2.75, 3.05) is 7.11 Å². The molecule has 3 nitrogen and oxygen atoms in total. The Balaban J connectivity index is 2.51. The molecule has 96 valence electrons. The zero-order valence-electron chi connectivity index (χ0n) is 9.61. The molecule has 1 aromatic carbocycles. The van der Waals surface area contributed by atoms with Crippen molar-refractivity contribution < 1.29 is 9.13 Å². The highest BCUT2D eigenvalue weighted by Gasteiger charge is 2.21. The van der Waals surface area contributed by atoms with Crippen molar-refractivity contribution in [1.82, 2.24) is 5.43 Å². The van der Waals surface area contributed by atoms with Gasteiger partial charge in [-0.05, 0) is 29.6 Å². The Hall–Kier alpha value is -1.14. The topological polar surface area (TPSA) is 47.3 Å². The van der Waals surface area contributed by atoms with Gasteiger partial charge in [0.2, 0.25) is 0 Å². The first kappa shape index (κ1) is 13.3. The van der Waals surface area contributed by atoms with Gasteiger partial charge in [0, 0.05) is 10.4 Å². The molecule has 0 aliphatic carbocycles. The molecular formula is C12H12ClFN2OS. The third kappa shape index (κ3) is 2.49. The number of halogens is 2. The Morgan fingerprint density at radius 2 is 2.22 bits per heavy atom. The molecule has 1 unspecified atom stereocenters. The number of benzene rings is 1. The van der Waals surface area contributed by atoms with Crippen LogP contribution in [0.15, 0.2) is 29.6 Å². The average Bonchev–Trinajstić information content (AvgIpc) is 2.77. The molecule has 1 atom stereocenters. The first-order chi connectivity index (χ1) is 8.67. The van der Waals surface area contributed by atoms with Crippen LogP contribution in [0.2, 0.25) is 5.02 Å². The molecule has 2 rings (SSSR count). The molecule has 0 amide bonds. The summed E-state index contributed by atoms with van der Waals surface area (Å²) in [5, 5.41) is 2.45. The summed E-state index contributed by atoms with van der Waals surface area (Å²) in [5.41, 5.74) is 3.26. The number of rotatable bonds is 4. The molecule has 18 heavy (non-hydrogen) atoms. The van der Waals surface area contributed by atoms with Crippen LogP contribution in [0.4, 0.5) is 4.39 Å². The first-order valence-electron chi connectivity index (χ1n) is 5.19. The molecule has 0 spiro atoms. The van der Waals surface area contributed by atoms with Crippen LogP contribution in [0.5, 0.6) is 5.75 Å². The van der Waals surface area contributed by atoms with E-state index in [1.165, 1.54) is 30.6 Å². The minimum atomic E-state index is -0.400. The van der Waals surface area contributed by atoms with Gasteiger partial charge in [0.25, 0.3) is 0 Å². The average molecular weight is 287 g/mol. The van der Waals surface area contributed by atoms with Gasteiger partial charge in [-0.25, -0.2) is 9.82 Å². The number of hydrazine groups is 1. The second-order valence-electron chi connectivity index (χ2n) is 3.62. The maximum absolute atomic E-state index is 13.4. The number of nitrogens with one attached hydrogen (secondary N) is 1. The lowest BCUT2D eigenvalue weighted by Crippen LogP contribution is -2.28. The van der Waals surface area contributed by atoms with Crippen molar-refractivity contribution in [2.45, 2.75) is 6.04 Å². The highest BCUT2D eigenvalue weighted by atomic mass is 35.5. The number of methoxy groups -OCH3 is 1. The molecule has 0 fully saturated rings. The molecule has 0 radical (unpaired) electrons. The SMILES string of the molecule is COc1ccc(F)cc1C(NN)c1sccc1Cl. The summed E-state index contributed by atoms with van der Waals surface area (Å²) in [6.07, 6.45) is 0. The zero-order chi connectivity index (χ0) is 13.1. The second kappa shape index (κ2) is 5.67. The normalized spacial score (nSPS) is 12.4. The van der Waals surface area contributed by atoms with Gasteiger partial charge in [0.15, 0.2) is 0 Å². The molecular weight excluding hydrogens is 275 g/mol. The van der Waals surface area contributed by atoms with Gasteiger partial charge in [-0.1, -0.05) is 11.6 Å². The van der Waals surface area contributed by atoms with Crippen molar-refractivity contribution in [3.05, 3.63) is 50.9 Å². The van der Waals surface area contributed by atoms with Crippen LogP contribution < -0.4 is 16.0 Å². The largest absolute Gasteiger partial charge is 0.496 e. The van der Waals surface area contributed by atoms with Crippen molar-refractivity contribution >= 4 is 22.9 Å². The van der Waals surface area contributed by atoms with Crippen LogP contribution in [0.25, 0.3) is 0 Å². The van der Waals surface area contributed by atoms with Gasteiger partial charge >= 0.3 is 0 Å². The molecule has 1 aromatic heterocycles. The standard InChI is InChI=1S/C12H12ClFN2OS/c1-17-10-3-2-7(14)6-8(10)11(16-15)12-9(13)4-5-18-12/h2-6,11,16H,15H2,1H3. The van der Waals surface area contributed by atoms with E-state index in [0.29, 0.717) is 16.3 Å². The molecule has 0 aliphatic rings. The maximum Gasteiger partial charge on any atom is 0.124 e. The molecule has 0 saturated heterocycles. The number of nitrogens with two attached hydrogens (primary N) is 1. The minimum Gasteiger partial charge on any atom is -0.496 e. The minimum absolute atomic E-state index is 0.348. The Kier molecular flexibility index (Phi) is 4.19. The van der Waals surface area contributed by atoms with E-state index < -0.39 is 6.04 Å². The van der Waals surface area contributed by atoms with E-state index in [-0.39, 0.29) is 5.82 Å². The van der Waals surface area contributed by atoms with Crippen molar-refractivity contribution in [3.63, 3.8) is 0 Å². The van der Waals surface area contributed by atoms with Gasteiger partial charge in [0.1, 0.15) is 11.6 Å². The summed E-state index contributed by atoms with van der Waals surface area (Å²) < 4.78 is 18.6. The molecule has 6 heteroatoms. The predicted octanol–water partition coefficient (Wildman–Crippen LogP) is 3.10. The van der Waals surface area contributed by atoms with Gasteiger partial charge in [0.05, 0.1) is 18.2 Å². The van der Waals surface area contributed by atoms with E-state index in [2.05, 4.69) is 5.43 Å². The highest BCUT2D eigenvalue weighted by molar-refractivity contribution is 7.10. The summed E-state index contributed by atoms with van der Waals surface area (Å²) in [6.45, 7) is 0. The van der Waals surface area contributed by atoms with Crippen molar-refractivity contribution in [2.24, 2.45) is 5.84 Å². The maximum atomic E-state index is 13.4. The number of ether oxygens (including phenoxy) is 1. The van der Waals surface area contributed by atoms with Gasteiger partial charge in [-0.3, -0.25) is 5.84 Å². The number of hydrogen-bond donors (Lipinski definition) is 2. The van der Waals surface area contributed by atoms with Gasteiger partial charge in [-0.2, -0.15) is 0 Å². The predicted molar refractivity (Wildman–Crippen MR) is 71.4 cm³/mol. The lowest BCUT2D eigenvalue weighted by Gasteiger charge is -2.18. The quantitative estimate of drug-likeness (QED) is 0.671. The fraction of sp³-hybridized carbons (Fsp3) is 0.167. The summed E-state index contributed by atoms with van der Waals surface area (Å²) in [7, 11) is 1.53. The molecule has 0 saturated carbocycles. The molecule has 1 heterocycles. The van der Waals surface area contributed by atoms with Crippen molar-refractivity contribution in [3.8, 4) is 5.75 Å². The molecule has 0 bridgehead atoms. The van der Waals surface area contributed by atoms with E-state index >= 15 is 0 Å². The third-order valence-corrected chi connectivity index (χ3v) is 4.00. The van der Waals surface area contributed by atoms with Crippen LogP contribution in [0.3, 0.4) is 0 Å². The summed E-state index contributed by atoms with van der Waals surface area (Å²) in [6, 6.07) is 5.67. The van der Waals surface area contributed by atoms with E-state index in [4.69, 9.17) is 22.2 Å². The van der Waals surface area contributed by atoms with E-state index in [0.717, 1.165) is 4.88 Å². The fourth-order valence-corrected chi connectivity index (χ4v) is 2.99. The number of thiophene rings is 1. The smallest absolute Gasteiger partial charge is 0.124 e. The van der Waals surface area contributed by atoms with Crippen LogP contribution in [0.1, 0.15) is 16.5 Å². The highest BCUT2D eigenvalue weighted by Crippen LogP contribution is 2.36. The first-order valence-corrected chi connectivity index (χ1v) is 6.45. The second-order valence-corrected chi connectivity index (χ2v) is 4.97. The summed E-state index contributed by atoms with van der Waals surface area (Å²) in [5.74, 6) is 5.77. The number of hydrogen-bond acceptors (Lipinski definition) is 4. The Labute approximate surface area is 113 Å². The van der Waals surface area contributed by atoms with Crippen molar-refractivity contribution in [1.29, 1.82) is 0 Å². The lowest BCUT2D eigenvalue weighted by molar-refractivity contribution is 0.403. The zero-order valence-corrected chi connectivity index (χ0v) is 11.2. The van der Waals surface area contributed by atoms with Crippen LogP contribution in [0, 0.1) is 5.82 Å². The Morgan fingerprint density at radius 3 is 2.78 bits per heavy atom. The van der Waals surface area contributed by atoms with E-state index in [9.17, 15) is 4.39 Å². The lowest BCUT2D eigenvalue weighted by atomic mass is 10.0. The molecule has 3 N–H and O–H groups in total. The van der Waals surface area contributed by atoms with E-state index in [1.807, 2.05) is 5.38 Å². The van der Waals surface area contributed by atoms with E-state index in [1.54, 1.807) is 12.1 Å². The Morgan fingerprint density at radius 1 is 1.44 bits per heavy atom. The molecule has 2 aromatic rings. The summed E-state index contributed by atoms with van der Waals surface area (Å²) >= 11 is 7.53. The van der Waals surface area contributed by atoms with Crippen LogP contribution in [-0.2, 0) is 0 Å². The fourth-order valence-electron chi connectivity index (χ4n) is 1.75. The van der Waals surface area contributed by atoms with Gasteiger partial charge < -0.3 is 4.74 Å². The molecule has 0 aliphatic heterocycles. The summed E-state index contributed by atoms with van der Waals surface area (Å²) in [4.78, 5) is 0.822. The van der Waals surface area contributed by atoms with Gasteiger partial charge in [-0.15, -0.1) is 11.3 Å². The van der Waals surface area contributed by atoms with Crippen LogP contribution in [-0.4, -0.2) is 7.11 Å². The monoisotopic (exact) mass is 286 g/mol.